The summed E-state index contributed by atoms with van der Waals surface area (Å²) in [4.78, 5) is 17.8. The van der Waals surface area contributed by atoms with Gasteiger partial charge in [-0.15, -0.1) is 0 Å². The number of carbonyl (C=O) groups is 1. The number of phenols is 1. The zero-order valence-electron chi connectivity index (χ0n) is 21.6. The number of phenolic OH excluding ortho intramolecular Hbond substituents is 1. The largest absolute Gasteiger partial charge is 0.507 e. The third-order valence-corrected chi connectivity index (χ3v) is 6.44. The van der Waals surface area contributed by atoms with Gasteiger partial charge in [-0.1, -0.05) is 68.2 Å². The Labute approximate surface area is 194 Å². The van der Waals surface area contributed by atoms with Crippen molar-refractivity contribution < 1.29 is 9.90 Å². The average molecular weight is 442 g/mol. The van der Waals surface area contributed by atoms with E-state index in [0.717, 1.165) is 29.7 Å². The van der Waals surface area contributed by atoms with Crippen molar-refractivity contribution in [2.24, 2.45) is 10.9 Å². The Morgan fingerprint density at radius 3 is 1.91 bits per heavy atom. The Morgan fingerprint density at radius 1 is 0.969 bits per heavy atom. The average Bonchev–Trinajstić information content (AvgIpc) is 3.08. The first-order chi connectivity index (χ1) is 14.8. The Balaban J connectivity index is 2.39. The quantitative estimate of drug-likeness (QED) is 0.524. The number of nitrogens with zero attached hydrogens (tertiary/aromatic N) is 3. The topological polar surface area (TPSA) is 59.5 Å². The smallest absolute Gasteiger partial charge is 0.205 e. The van der Waals surface area contributed by atoms with Gasteiger partial charge in [0.25, 0.3) is 0 Å². The fourth-order valence-electron chi connectivity index (χ4n) is 4.22. The van der Waals surface area contributed by atoms with Crippen LogP contribution in [0.3, 0.4) is 0 Å². The van der Waals surface area contributed by atoms with Gasteiger partial charge in [0, 0.05) is 42.7 Å². The normalized spacial score (nSPS) is 13.2. The highest BCUT2D eigenvalue weighted by Crippen LogP contribution is 2.39. The van der Waals surface area contributed by atoms with E-state index in [1.54, 1.807) is 7.05 Å². The molecule has 0 aliphatic heterocycles. The lowest BCUT2D eigenvalue weighted by Gasteiger charge is -2.28. The maximum absolute atomic E-state index is 13.4. The molecule has 2 rings (SSSR count). The third-order valence-electron chi connectivity index (χ3n) is 6.44. The van der Waals surface area contributed by atoms with Crippen molar-refractivity contribution in [1.29, 1.82) is 0 Å². The monoisotopic (exact) mass is 441 g/mol. The maximum Gasteiger partial charge on any atom is 0.205 e. The van der Waals surface area contributed by atoms with Gasteiger partial charge < -0.3 is 14.2 Å². The van der Waals surface area contributed by atoms with Crippen LogP contribution >= 0.6 is 0 Å². The molecule has 0 saturated carbocycles. The summed E-state index contributed by atoms with van der Waals surface area (Å²) in [7, 11) is 1.78. The molecule has 0 aliphatic carbocycles. The highest BCUT2D eigenvalue weighted by molar-refractivity contribution is 5.96. The van der Waals surface area contributed by atoms with Gasteiger partial charge in [-0.05, 0) is 35.3 Å². The summed E-state index contributed by atoms with van der Waals surface area (Å²) >= 11 is 0. The van der Waals surface area contributed by atoms with Gasteiger partial charge in [0.2, 0.25) is 5.62 Å². The zero-order chi connectivity index (χ0) is 24.3. The molecule has 1 N–H and O–H groups in total. The molecule has 2 aromatic rings. The number of ketones is 1. The van der Waals surface area contributed by atoms with Gasteiger partial charge in [-0.2, -0.15) is 0 Å². The number of imidazole rings is 1. The fraction of sp³-hybridized carbons (Fsp3) is 0.630. The van der Waals surface area contributed by atoms with E-state index in [2.05, 4.69) is 64.9 Å². The standard InChI is InChI=1S/C27H43N3O2/c1-10-19(11-2)12-13-29-14-15-30(25(29)28-9)18-23(31)20-16-21(26(3,4)5)24(32)22(17-20)27(6,7)8/h14-17,19,32H,10-13,18H2,1-9H3/b28-25-. The van der Waals surface area contributed by atoms with Gasteiger partial charge >= 0.3 is 0 Å². The van der Waals surface area contributed by atoms with E-state index in [1.807, 2.05) is 29.1 Å². The second-order valence-corrected chi connectivity index (χ2v) is 11.0. The Bertz CT molecular complexity index is 958. The number of benzene rings is 1. The van der Waals surface area contributed by atoms with E-state index in [1.165, 1.54) is 12.8 Å². The van der Waals surface area contributed by atoms with Crippen LogP contribution in [0.4, 0.5) is 0 Å². The first-order valence-corrected chi connectivity index (χ1v) is 11.9. The van der Waals surface area contributed by atoms with Gasteiger partial charge in [-0.3, -0.25) is 9.79 Å². The maximum atomic E-state index is 13.4. The number of Topliss-reactive ketones (excluding diaryl/α,β-unsaturated/α-hetero) is 1. The van der Waals surface area contributed by atoms with E-state index in [-0.39, 0.29) is 23.2 Å². The van der Waals surface area contributed by atoms with Crippen molar-refractivity contribution in [2.75, 3.05) is 7.05 Å². The number of aromatic hydroxyl groups is 1. The second-order valence-electron chi connectivity index (χ2n) is 11.0. The van der Waals surface area contributed by atoms with Crippen molar-refractivity contribution >= 4 is 5.78 Å². The summed E-state index contributed by atoms with van der Waals surface area (Å²) in [5, 5.41) is 11.0. The predicted molar refractivity (Wildman–Crippen MR) is 132 cm³/mol. The van der Waals surface area contributed by atoms with E-state index in [9.17, 15) is 9.90 Å². The molecule has 0 radical (unpaired) electrons. The number of rotatable bonds is 8. The number of carbonyl (C=O) groups excluding carboxylic acids is 1. The molecule has 0 amide bonds. The van der Waals surface area contributed by atoms with Crippen LogP contribution in [0.15, 0.2) is 29.5 Å². The first kappa shape index (κ1) is 26.0. The van der Waals surface area contributed by atoms with Gasteiger partial charge in [0.15, 0.2) is 5.78 Å². The Hall–Kier alpha value is -2.30. The van der Waals surface area contributed by atoms with Crippen LogP contribution in [-0.4, -0.2) is 27.1 Å². The number of aromatic nitrogens is 2. The molecule has 0 aliphatic rings. The molecule has 5 nitrogen and oxygen atoms in total. The van der Waals surface area contributed by atoms with E-state index in [0.29, 0.717) is 17.2 Å². The number of hydrogen-bond donors (Lipinski definition) is 1. The number of aryl methyl sites for hydroxylation is 1. The van der Waals surface area contributed by atoms with Gasteiger partial charge in [-0.25, -0.2) is 0 Å². The summed E-state index contributed by atoms with van der Waals surface area (Å²) in [5.74, 6) is 1.03. The van der Waals surface area contributed by atoms with Crippen molar-refractivity contribution in [3.63, 3.8) is 0 Å². The summed E-state index contributed by atoms with van der Waals surface area (Å²) < 4.78 is 4.07. The molecule has 1 aromatic carbocycles. The Kier molecular flexibility index (Phi) is 8.19. The third kappa shape index (κ3) is 5.93. The summed E-state index contributed by atoms with van der Waals surface area (Å²) in [5.41, 5.74) is 2.53. The van der Waals surface area contributed by atoms with E-state index in [4.69, 9.17) is 0 Å². The lowest BCUT2D eigenvalue weighted by molar-refractivity contribution is 0.0970. The molecule has 5 heteroatoms. The van der Waals surface area contributed by atoms with Crippen LogP contribution in [0.2, 0.25) is 0 Å². The molecule has 0 saturated heterocycles. The Morgan fingerprint density at radius 2 is 1.47 bits per heavy atom. The van der Waals surface area contributed by atoms with Gasteiger partial charge in [0.1, 0.15) is 5.75 Å². The molecular weight excluding hydrogens is 398 g/mol. The van der Waals surface area contributed by atoms with Crippen LogP contribution in [-0.2, 0) is 23.9 Å². The highest BCUT2D eigenvalue weighted by atomic mass is 16.3. The zero-order valence-corrected chi connectivity index (χ0v) is 21.6. The van der Waals surface area contributed by atoms with Crippen LogP contribution in [0.5, 0.6) is 5.75 Å². The minimum absolute atomic E-state index is 0.0219. The molecule has 1 heterocycles. The van der Waals surface area contributed by atoms with Crippen molar-refractivity contribution in [1.82, 2.24) is 9.13 Å². The number of hydrogen-bond acceptors (Lipinski definition) is 3. The molecule has 0 unspecified atom stereocenters. The summed E-state index contributed by atoms with van der Waals surface area (Å²) in [6, 6.07) is 3.72. The molecular formula is C27H43N3O2. The lowest BCUT2D eigenvalue weighted by atomic mass is 9.78. The van der Waals surface area contributed by atoms with Crippen LogP contribution in [0.25, 0.3) is 0 Å². The molecule has 0 fully saturated rings. The second kappa shape index (κ2) is 10.1. The van der Waals surface area contributed by atoms with Gasteiger partial charge in [0.05, 0.1) is 6.54 Å². The fourth-order valence-corrected chi connectivity index (χ4v) is 4.22. The minimum Gasteiger partial charge on any atom is -0.507 e. The lowest BCUT2D eigenvalue weighted by Crippen LogP contribution is -2.29. The van der Waals surface area contributed by atoms with Crippen LogP contribution in [0.1, 0.15) is 96.1 Å². The van der Waals surface area contributed by atoms with Crippen LogP contribution < -0.4 is 5.62 Å². The van der Waals surface area contributed by atoms with E-state index < -0.39 is 0 Å². The highest BCUT2D eigenvalue weighted by Gasteiger charge is 2.28. The predicted octanol–water partition coefficient (Wildman–Crippen LogP) is 5.83. The molecule has 32 heavy (non-hydrogen) atoms. The molecule has 178 valence electrons. The van der Waals surface area contributed by atoms with Crippen molar-refractivity contribution in [3.8, 4) is 5.75 Å². The summed E-state index contributed by atoms with van der Waals surface area (Å²) in [6.07, 6.45) is 7.45. The van der Waals surface area contributed by atoms with Crippen molar-refractivity contribution in [3.05, 3.63) is 46.8 Å². The molecule has 0 spiro atoms. The molecule has 0 bridgehead atoms. The summed E-state index contributed by atoms with van der Waals surface area (Å²) in [6.45, 7) is 18.0. The molecule has 0 atom stereocenters. The minimum atomic E-state index is -0.268. The SMILES string of the molecule is CCC(CC)CCn1ccn(CC(=O)c2cc(C(C)(C)C)c(O)c(C(C)(C)C)c2)/c1=N\C. The van der Waals surface area contributed by atoms with Crippen LogP contribution in [0, 0.1) is 5.92 Å². The van der Waals surface area contributed by atoms with E-state index >= 15 is 0 Å². The molecule has 1 aromatic heterocycles. The first-order valence-electron chi connectivity index (χ1n) is 11.9. The van der Waals surface area contributed by atoms with Crippen molar-refractivity contribution in [2.45, 2.75) is 98.6 Å².